The van der Waals surface area contributed by atoms with Gasteiger partial charge in [0.2, 0.25) is 5.91 Å². The van der Waals surface area contributed by atoms with Crippen molar-refractivity contribution in [3.05, 3.63) is 51.7 Å². The van der Waals surface area contributed by atoms with Crippen LogP contribution in [0.3, 0.4) is 0 Å². The van der Waals surface area contributed by atoms with Crippen molar-refractivity contribution in [1.82, 2.24) is 9.80 Å². The molecule has 0 unspecified atom stereocenters. The minimum Gasteiger partial charge on any atom is -0.355 e. The van der Waals surface area contributed by atoms with E-state index in [9.17, 15) is 13.2 Å². The SMILES string of the molecule is O=C(C1CCN(C2=NS(=O)(=O)c3ccccc32)CC1)N1CCc2sccc2C1. The van der Waals surface area contributed by atoms with Gasteiger partial charge in [-0.25, -0.2) is 0 Å². The van der Waals surface area contributed by atoms with Gasteiger partial charge < -0.3 is 9.80 Å². The monoisotopic (exact) mass is 415 g/mol. The summed E-state index contributed by atoms with van der Waals surface area (Å²) in [5, 5.41) is 2.10. The number of carbonyl (C=O) groups excluding carboxylic acids is 1. The minimum absolute atomic E-state index is 0.00490. The third kappa shape index (κ3) is 2.95. The number of amides is 1. The molecule has 5 rings (SSSR count). The predicted molar refractivity (Wildman–Crippen MR) is 108 cm³/mol. The predicted octanol–water partition coefficient (Wildman–Crippen LogP) is 2.49. The van der Waals surface area contributed by atoms with Crippen molar-refractivity contribution in [2.75, 3.05) is 19.6 Å². The van der Waals surface area contributed by atoms with E-state index in [1.54, 1.807) is 23.5 Å². The lowest BCUT2D eigenvalue weighted by atomic mass is 9.93. The van der Waals surface area contributed by atoms with Crippen molar-refractivity contribution in [1.29, 1.82) is 0 Å². The summed E-state index contributed by atoms with van der Waals surface area (Å²) in [5.74, 6) is 0.769. The molecule has 2 aromatic rings. The molecule has 0 bridgehead atoms. The van der Waals surface area contributed by atoms with Crippen molar-refractivity contribution in [2.45, 2.75) is 30.7 Å². The van der Waals surface area contributed by atoms with Crippen LogP contribution in [0.25, 0.3) is 0 Å². The Bertz CT molecular complexity index is 1070. The number of benzene rings is 1. The lowest BCUT2D eigenvalue weighted by Gasteiger charge is -2.36. The molecule has 1 aromatic carbocycles. The normalized spacial score (nSPS) is 21.2. The van der Waals surface area contributed by atoms with Crippen LogP contribution < -0.4 is 0 Å². The zero-order valence-corrected chi connectivity index (χ0v) is 17.0. The molecule has 3 aliphatic heterocycles. The molecule has 1 aromatic heterocycles. The highest BCUT2D eigenvalue weighted by atomic mass is 32.2. The number of carbonyl (C=O) groups is 1. The molecule has 0 N–H and O–H groups in total. The van der Waals surface area contributed by atoms with E-state index in [1.807, 2.05) is 21.9 Å². The van der Waals surface area contributed by atoms with Crippen molar-refractivity contribution in [2.24, 2.45) is 10.3 Å². The number of fused-ring (bicyclic) bond motifs is 2. The van der Waals surface area contributed by atoms with E-state index in [0.29, 0.717) is 24.5 Å². The fourth-order valence-electron chi connectivity index (χ4n) is 4.35. The van der Waals surface area contributed by atoms with Gasteiger partial charge in [0.1, 0.15) is 4.90 Å². The van der Waals surface area contributed by atoms with Crippen LogP contribution in [0.2, 0.25) is 0 Å². The fourth-order valence-corrected chi connectivity index (χ4v) is 6.47. The summed E-state index contributed by atoms with van der Waals surface area (Å²) in [6.45, 7) is 2.81. The summed E-state index contributed by atoms with van der Waals surface area (Å²) in [4.78, 5) is 18.7. The van der Waals surface area contributed by atoms with Gasteiger partial charge in [-0.15, -0.1) is 15.7 Å². The molecule has 1 fully saturated rings. The molecule has 28 heavy (non-hydrogen) atoms. The van der Waals surface area contributed by atoms with E-state index < -0.39 is 10.0 Å². The number of thiophene rings is 1. The number of nitrogens with zero attached hydrogens (tertiary/aromatic N) is 3. The van der Waals surface area contributed by atoms with Crippen LogP contribution in [0.1, 0.15) is 28.8 Å². The Hall–Kier alpha value is -2.19. The van der Waals surface area contributed by atoms with E-state index in [4.69, 9.17) is 0 Å². The van der Waals surface area contributed by atoms with Gasteiger partial charge in [-0.1, -0.05) is 12.1 Å². The molecule has 8 heteroatoms. The summed E-state index contributed by atoms with van der Waals surface area (Å²) in [5.41, 5.74) is 1.96. The van der Waals surface area contributed by atoms with Crippen molar-refractivity contribution in [3.63, 3.8) is 0 Å². The second-order valence-corrected chi connectivity index (χ2v) is 10.1. The van der Waals surface area contributed by atoms with Crippen molar-refractivity contribution in [3.8, 4) is 0 Å². The molecule has 6 nitrogen and oxygen atoms in total. The van der Waals surface area contributed by atoms with E-state index in [-0.39, 0.29) is 16.7 Å². The van der Waals surface area contributed by atoms with Gasteiger partial charge in [0.15, 0.2) is 5.84 Å². The summed E-state index contributed by atoms with van der Waals surface area (Å²) in [6, 6.07) is 9.09. The van der Waals surface area contributed by atoms with Gasteiger partial charge in [0.25, 0.3) is 10.0 Å². The molecule has 0 saturated carbocycles. The lowest BCUT2D eigenvalue weighted by molar-refractivity contribution is -0.137. The molecular weight excluding hydrogens is 394 g/mol. The maximum absolute atomic E-state index is 13.0. The number of hydrogen-bond acceptors (Lipinski definition) is 5. The molecule has 0 aliphatic carbocycles. The van der Waals surface area contributed by atoms with Crippen LogP contribution in [-0.2, 0) is 27.8 Å². The summed E-state index contributed by atoms with van der Waals surface area (Å²) in [6.07, 6.45) is 2.41. The standard InChI is InChI=1S/C20H21N3O3S2/c24-20(23-11-7-17-15(13-23)8-12-27-17)14-5-9-22(10-6-14)19-16-3-1-2-4-18(16)28(25,26)21-19/h1-4,8,12,14H,5-7,9-11,13H2. The van der Waals surface area contributed by atoms with Gasteiger partial charge >= 0.3 is 0 Å². The average Bonchev–Trinajstić information content (AvgIpc) is 3.29. The molecule has 0 atom stereocenters. The van der Waals surface area contributed by atoms with Crippen LogP contribution in [0, 0.1) is 5.92 Å². The first kappa shape index (κ1) is 17.9. The second-order valence-electron chi connectivity index (χ2n) is 7.53. The van der Waals surface area contributed by atoms with Gasteiger partial charge in [0, 0.05) is 42.5 Å². The molecule has 0 radical (unpaired) electrons. The summed E-state index contributed by atoms with van der Waals surface area (Å²) >= 11 is 1.78. The van der Waals surface area contributed by atoms with Crippen LogP contribution in [0.15, 0.2) is 45.0 Å². The number of rotatable bonds is 1. The van der Waals surface area contributed by atoms with Gasteiger partial charge in [-0.05, 0) is 48.4 Å². The third-order valence-electron chi connectivity index (χ3n) is 5.88. The number of piperidine rings is 1. The van der Waals surface area contributed by atoms with E-state index >= 15 is 0 Å². The molecule has 0 spiro atoms. The first-order valence-corrected chi connectivity index (χ1v) is 11.9. The Balaban J connectivity index is 1.27. The quantitative estimate of drug-likeness (QED) is 0.718. The highest BCUT2D eigenvalue weighted by Gasteiger charge is 2.35. The second kappa shape index (κ2) is 6.70. The Morgan fingerprint density at radius 3 is 2.71 bits per heavy atom. The number of sulfonamides is 1. The Labute approximate surface area is 168 Å². The maximum atomic E-state index is 13.0. The molecule has 1 amide bonds. The number of hydrogen-bond donors (Lipinski definition) is 0. The summed E-state index contributed by atoms with van der Waals surface area (Å²) in [7, 11) is -3.60. The summed E-state index contributed by atoms with van der Waals surface area (Å²) < 4.78 is 28.6. The van der Waals surface area contributed by atoms with E-state index in [0.717, 1.165) is 32.4 Å². The Morgan fingerprint density at radius 2 is 1.89 bits per heavy atom. The lowest BCUT2D eigenvalue weighted by Crippen LogP contribution is -2.45. The third-order valence-corrected chi connectivity index (χ3v) is 8.22. The van der Waals surface area contributed by atoms with Gasteiger partial charge in [-0.3, -0.25) is 4.79 Å². The zero-order valence-electron chi connectivity index (χ0n) is 15.4. The zero-order chi connectivity index (χ0) is 19.3. The minimum atomic E-state index is -3.60. The van der Waals surface area contributed by atoms with Crippen molar-refractivity contribution >= 4 is 33.1 Å². The highest BCUT2D eigenvalue weighted by Crippen LogP contribution is 2.31. The van der Waals surface area contributed by atoms with Crippen molar-refractivity contribution < 1.29 is 13.2 Å². The fraction of sp³-hybridized carbons (Fsp3) is 0.400. The van der Waals surface area contributed by atoms with Crippen LogP contribution in [0.5, 0.6) is 0 Å². The van der Waals surface area contributed by atoms with Crippen LogP contribution in [-0.4, -0.2) is 49.6 Å². The average molecular weight is 416 g/mol. The van der Waals surface area contributed by atoms with Crippen LogP contribution in [0.4, 0.5) is 0 Å². The van der Waals surface area contributed by atoms with Gasteiger partial charge in [-0.2, -0.15) is 8.42 Å². The molecule has 4 heterocycles. The number of likely N-dealkylation sites (tertiary alicyclic amines) is 1. The largest absolute Gasteiger partial charge is 0.355 e. The topological polar surface area (TPSA) is 70.0 Å². The molecule has 1 saturated heterocycles. The van der Waals surface area contributed by atoms with Gasteiger partial charge in [0.05, 0.1) is 0 Å². The Kier molecular flexibility index (Phi) is 4.28. The van der Waals surface area contributed by atoms with Crippen LogP contribution >= 0.6 is 11.3 Å². The van der Waals surface area contributed by atoms with E-state index in [1.165, 1.54) is 10.4 Å². The molecule has 146 valence electrons. The number of amidine groups is 1. The maximum Gasteiger partial charge on any atom is 0.285 e. The smallest absolute Gasteiger partial charge is 0.285 e. The first-order valence-electron chi connectivity index (χ1n) is 9.56. The first-order chi connectivity index (χ1) is 13.5. The highest BCUT2D eigenvalue weighted by molar-refractivity contribution is 7.90. The molecule has 3 aliphatic rings. The van der Waals surface area contributed by atoms with E-state index in [2.05, 4.69) is 15.8 Å². The Morgan fingerprint density at radius 1 is 1.11 bits per heavy atom. The molecular formula is C20H21N3O3S2.